The Balaban J connectivity index is 1.66. The van der Waals surface area contributed by atoms with Gasteiger partial charge in [-0.3, -0.25) is 4.79 Å². The first-order chi connectivity index (χ1) is 9.84. The highest BCUT2D eigenvalue weighted by Gasteiger charge is 2.49. The smallest absolute Gasteiger partial charge is 0.233 e. The Kier molecular flexibility index (Phi) is 2.93. The zero-order valence-corrected chi connectivity index (χ0v) is 11.8. The lowest BCUT2D eigenvalue weighted by molar-refractivity contribution is -0.133. The first-order valence-electron chi connectivity index (χ1n) is 6.95. The summed E-state index contributed by atoms with van der Waals surface area (Å²) in [5, 5.41) is 3.90. The van der Waals surface area contributed by atoms with Crippen molar-refractivity contribution in [3.63, 3.8) is 0 Å². The van der Waals surface area contributed by atoms with Gasteiger partial charge in [0.2, 0.25) is 5.91 Å². The van der Waals surface area contributed by atoms with Crippen LogP contribution in [0.15, 0.2) is 54.8 Å². The van der Waals surface area contributed by atoms with Crippen molar-refractivity contribution < 1.29 is 4.79 Å². The molecule has 0 saturated carbocycles. The zero-order chi connectivity index (χ0) is 13.5. The van der Waals surface area contributed by atoms with Gasteiger partial charge in [-0.25, -0.2) is 0 Å². The molecular weight excluding hydrogens is 268 g/mol. The maximum absolute atomic E-state index is 12.8. The van der Waals surface area contributed by atoms with Gasteiger partial charge in [-0.15, -0.1) is 11.8 Å². The van der Waals surface area contributed by atoms with Crippen LogP contribution in [0.1, 0.15) is 11.5 Å². The van der Waals surface area contributed by atoms with E-state index in [0.29, 0.717) is 0 Å². The number of carbonyl (C=O) groups is 1. The highest BCUT2D eigenvalue weighted by atomic mass is 32.2. The number of hydrogen-bond donors (Lipinski definition) is 1. The van der Waals surface area contributed by atoms with Gasteiger partial charge in [-0.2, -0.15) is 0 Å². The Bertz CT molecular complexity index is 583. The average Bonchev–Trinajstić information content (AvgIpc) is 2.92. The van der Waals surface area contributed by atoms with Crippen LogP contribution >= 0.6 is 11.8 Å². The van der Waals surface area contributed by atoms with Gasteiger partial charge in [-0.05, 0) is 11.6 Å². The highest BCUT2D eigenvalue weighted by Crippen LogP contribution is 2.44. The van der Waals surface area contributed by atoms with Gasteiger partial charge in [-0.1, -0.05) is 42.5 Å². The van der Waals surface area contributed by atoms with E-state index >= 15 is 0 Å². The van der Waals surface area contributed by atoms with Gasteiger partial charge in [0.05, 0.1) is 11.3 Å². The average molecular weight is 284 g/mol. The second kappa shape index (κ2) is 4.79. The topological polar surface area (TPSA) is 32.3 Å². The number of amides is 1. The molecule has 102 valence electrons. The van der Waals surface area contributed by atoms with Gasteiger partial charge >= 0.3 is 0 Å². The lowest BCUT2D eigenvalue weighted by atomic mass is 9.87. The molecule has 1 aromatic carbocycles. The maximum Gasteiger partial charge on any atom is 0.233 e. The van der Waals surface area contributed by atoms with Crippen LogP contribution in [0, 0.1) is 5.92 Å². The van der Waals surface area contributed by atoms with Gasteiger partial charge < -0.3 is 10.2 Å². The fraction of sp³-hybridized carbons (Fsp3) is 0.312. The van der Waals surface area contributed by atoms with E-state index < -0.39 is 0 Å². The van der Waals surface area contributed by atoms with Gasteiger partial charge in [0.15, 0.2) is 0 Å². The van der Waals surface area contributed by atoms with Gasteiger partial charge in [0, 0.05) is 18.7 Å². The molecule has 0 bridgehead atoms. The minimum atomic E-state index is 0.0369. The molecule has 3 heterocycles. The van der Waals surface area contributed by atoms with Gasteiger partial charge in [0.1, 0.15) is 5.37 Å². The van der Waals surface area contributed by atoms with Crippen molar-refractivity contribution in [3.05, 3.63) is 60.3 Å². The Morgan fingerprint density at radius 3 is 2.90 bits per heavy atom. The van der Waals surface area contributed by atoms with Crippen LogP contribution < -0.4 is 5.32 Å². The molecule has 4 atom stereocenters. The number of carbonyl (C=O) groups excluding carboxylic acids is 1. The van der Waals surface area contributed by atoms with E-state index in [-0.39, 0.29) is 28.5 Å². The SMILES string of the molecule is O=C1C2C(NCC2c2ccccc2)SC2C=CC=CN12. The monoisotopic (exact) mass is 284 g/mol. The zero-order valence-electron chi connectivity index (χ0n) is 11.0. The third kappa shape index (κ3) is 1.83. The summed E-state index contributed by atoms with van der Waals surface area (Å²) in [5.41, 5.74) is 1.26. The first kappa shape index (κ1) is 12.2. The summed E-state index contributed by atoms with van der Waals surface area (Å²) in [7, 11) is 0. The summed E-state index contributed by atoms with van der Waals surface area (Å²) in [5.74, 6) is 0.564. The number of nitrogens with zero attached hydrogens (tertiary/aromatic N) is 1. The number of nitrogens with one attached hydrogen (secondary N) is 1. The Morgan fingerprint density at radius 1 is 1.20 bits per heavy atom. The van der Waals surface area contributed by atoms with Crippen molar-refractivity contribution in [1.29, 1.82) is 0 Å². The van der Waals surface area contributed by atoms with Gasteiger partial charge in [0.25, 0.3) is 0 Å². The lowest BCUT2D eigenvalue weighted by Crippen LogP contribution is -2.49. The largest absolute Gasteiger partial charge is 0.304 e. The van der Waals surface area contributed by atoms with Crippen LogP contribution in [0.3, 0.4) is 0 Å². The summed E-state index contributed by atoms with van der Waals surface area (Å²) >= 11 is 1.84. The number of hydrogen-bond acceptors (Lipinski definition) is 3. The van der Waals surface area contributed by atoms with Crippen molar-refractivity contribution in [3.8, 4) is 0 Å². The molecule has 0 spiro atoms. The molecule has 2 fully saturated rings. The van der Waals surface area contributed by atoms with Crippen LogP contribution in [0.5, 0.6) is 0 Å². The maximum atomic E-state index is 12.8. The molecule has 3 aliphatic rings. The van der Waals surface area contributed by atoms with E-state index in [4.69, 9.17) is 0 Å². The summed E-state index contributed by atoms with van der Waals surface area (Å²) in [4.78, 5) is 14.7. The first-order valence-corrected chi connectivity index (χ1v) is 7.90. The van der Waals surface area contributed by atoms with E-state index in [9.17, 15) is 4.79 Å². The van der Waals surface area contributed by atoms with Crippen molar-refractivity contribution >= 4 is 17.7 Å². The molecule has 1 amide bonds. The summed E-state index contributed by atoms with van der Waals surface area (Å²) < 4.78 is 0. The van der Waals surface area contributed by atoms with E-state index in [1.54, 1.807) is 0 Å². The minimum absolute atomic E-state index is 0.0369. The number of rotatable bonds is 1. The van der Waals surface area contributed by atoms with E-state index in [1.165, 1.54) is 5.56 Å². The molecule has 1 aromatic rings. The lowest BCUT2D eigenvalue weighted by Gasteiger charge is -2.39. The Labute approximate surface area is 122 Å². The fourth-order valence-corrected chi connectivity index (χ4v) is 4.73. The van der Waals surface area contributed by atoms with E-state index in [0.717, 1.165) is 6.54 Å². The molecule has 4 unspecified atom stereocenters. The van der Waals surface area contributed by atoms with Crippen LogP contribution in [-0.2, 0) is 4.79 Å². The molecule has 0 aromatic heterocycles. The Hall–Kier alpha value is -1.52. The standard InChI is InChI=1S/C16H16N2OS/c19-16-14-12(11-6-2-1-3-7-11)10-17-15(14)20-13-8-4-5-9-18(13)16/h1-9,12-15,17H,10H2. The molecule has 2 saturated heterocycles. The van der Waals surface area contributed by atoms with Crippen molar-refractivity contribution in [2.45, 2.75) is 16.7 Å². The number of allylic oxidation sites excluding steroid dienone is 2. The third-order valence-corrected chi connectivity index (χ3v) is 5.68. The van der Waals surface area contributed by atoms with Crippen LogP contribution in [0.4, 0.5) is 0 Å². The molecule has 20 heavy (non-hydrogen) atoms. The highest BCUT2D eigenvalue weighted by molar-refractivity contribution is 8.00. The number of fused-ring (bicyclic) bond motifs is 2. The van der Waals surface area contributed by atoms with E-state index in [1.807, 2.05) is 41.1 Å². The molecule has 3 nitrogen and oxygen atoms in total. The fourth-order valence-electron chi connectivity index (χ4n) is 3.28. The second-order valence-electron chi connectivity index (χ2n) is 5.37. The van der Waals surface area contributed by atoms with E-state index in [2.05, 4.69) is 35.7 Å². The summed E-state index contributed by atoms with van der Waals surface area (Å²) in [6, 6.07) is 10.4. The molecule has 0 aliphatic carbocycles. The van der Waals surface area contributed by atoms with Crippen LogP contribution in [0.25, 0.3) is 0 Å². The second-order valence-corrected chi connectivity index (χ2v) is 6.63. The normalized spacial score (nSPS) is 35.0. The molecule has 0 radical (unpaired) electrons. The third-order valence-electron chi connectivity index (χ3n) is 4.26. The van der Waals surface area contributed by atoms with Crippen LogP contribution in [-0.4, -0.2) is 28.1 Å². The predicted octanol–water partition coefficient (Wildman–Crippen LogP) is 2.30. The summed E-state index contributed by atoms with van der Waals surface area (Å²) in [6.45, 7) is 0.881. The molecule has 4 heteroatoms. The molecular formula is C16H16N2OS. The van der Waals surface area contributed by atoms with Crippen molar-refractivity contribution in [2.75, 3.05) is 6.54 Å². The predicted molar refractivity (Wildman–Crippen MR) is 81.0 cm³/mol. The van der Waals surface area contributed by atoms with Crippen molar-refractivity contribution in [2.24, 2.45) is 5.92 Å². The minimum Gasteiger partial charge on any atom is -0.304 e. The molecule has 1 N–H and O–H groups in total. The number of benzene rings is 1. The molecule has 4 rings (SSSR count). The molecule has 3 aliphatic heterocycles. The quantitative estimate of drug-likeness (QED) is 0.859. The number of thioether (sulfide) groups is 1. The summed E-state index contributed by atoms with van der Waals surface area (Å²) in [6.07, 6.45) is 7.97. The Morgan fingerprint density at radius 2 is 2.05 bits per heavy atom. The van der Waals surface area contributed by atoms with Crippen LogP contribution in [0.2, 0.25) is 0 Å². The van der Waals surface area contributed by atoms with Crippen molar-refractivity contribution in [1.82, 2.24) is 10.2 Å².